The van der Waals surface area contributed by atoms with Crippen LogP contribution >= 0.6 is 22.7 Å². The van der Waals surface area contributed by atoms with Gasteiger partial charge in [-0.1, -0.05) is 17.4 Å². The van der Waals surface area contributed by atoms with Crippen LogP contribution in [0.4, 0.5) is 10.9 Å². The SMILES string of the molecule is O=C(Nc1nncs1)c1ccc(NCCCNC(=O)c2cccs2)nc1. The summed E-state index contributed by atoms with van der Waals surface area (Å²) < 4.78 is 0. The van der Waals surface area contributed by atoms with Crippen LogP contribution in [0.5, 0.6) is 0 Å². The third kappa shape index (κ3) is 5.07. The summed E-state index contributed by atoms with van der Waals surface area (Å²) in [6.07, 6.45) is 2.26. The van der Waals surface area contributed by atoms with Crippen molar-refractivity contribution in [2.75, 3.05) is 23.7 Å². The van der Waals surface area contributed by atoms with E-state index in [1.54, 1.807) is 23.7 Å². The van der Waals surface area contributed by atoms with Crippen LogP contribution in [0.3, 0.4) is 0 Å². The molecule has 0 radical (unpaired) electrons. The summed E-state index contributed by atoms with van der Waals surface area (Å²) >= 11 is 2.67. The average molecular weight is 388 g/mol. The molecule has 0 unspecified atom stereocenters. The molecule has 2 amide bonds. The normalized spacial score (nSPS) is 10.3. The number of hydrogen-bond acceptors (Lipinski definition) is 8. The van der Waals surface area contributed by atoms with Crippen LogP contribution in [0.15, 0.2) is 41.4 Å². The van der Waals surface area contributed by atoms with Crippen LogP contribution in [0.1, 0.15) is 26.5 Å². The molecule has 0 aliphatic rings. The summed E-state index contributed by atoms with van der Waals surface area (Å²) in [5.41, 5.74) is 1.98. The largest absolute Gasteiger partial charge is 0.370 e. The van der Waals surface area contributed by atoms with Crippen LogP contribution < -0.4 is 16.0 Å². The van der Waals surface area contributed by atoms with Crippen LogP contribution in [-0.2, 0) is 0 Å². The predicted octanol–water partition coefficient (Wildman–Crippen LogP) is 2.48. The number of anilines is 2. The number of thiophene rings is 1. The number of nitrogens with zero attached hydrogens (tertiary/aromatic N) is 3. The van der Waals surface area contributed by atoms with Gasteiger partial charge in [-0.25, -0.2) is 4.98 Å². The summed E-state index contributed by atoms with van der Waals surface area (Å²) in [7, 11) is 0. The first-order valence-corrected chi connectivity index (χ1v) is 9.57. The Hall–Kier alpha value is -2.85. The molecule has 134 valence electrons. The first-order chi connectivity index (χ1) is 12.7. The first kappa shape index (κ1) is 18.0. The lowest BCUT2D eigenvalue weighted by atomic mass is 10.2. The van der Waals surface area contributed by atoms with Gasteiger partial charge in [0.05, 0.1) is 10.4 Å². The zero-order chi connectivity index (χ0) is 18.2. The van der Waals surface area contributed by atoms with Crippen molar-refractivity contribution in [1.82, 2.24) is 20.5 Å². The third-order valence-corrected chi connectivity index (χ3v) is 4.77. The van der Waals surface area contributed by atoms with Crippen LogP contribution in [0.2, 0.25) is 0 Å². The highest BCUT2D eigenvalue weighted by molar-refractivity contribution is 7.13. The van der Waals surface area contributed by atoms with E-state index >= 15 is 0 Å². The minimum atomic E-state index is -0.280. The lowest BCUT2D eigenvalue weighted by molar-refractivity contribution is 0.0956. The molecule has 26 heavy (non-hydrogen) atoms. The number of carbonyl (C=O) groups excluding carboxylic acids is 2. The fourth-order valence-corrected chi connectivity index (χ4v) is 3.11. The monoisotopic (exact) mass is 388 g/mol. The van der Waals surface area contributed by atoms with Gasteiger partial charge < -0.3 is 10.6 Å². The second kappa shape index (κ2) is 9.02. The highest BCUT2D eigenvalue weighted by atomic mass is 32.1. The zero-order valence-corrected chi connectivity index (χ0v) is 15.3. The highest BCUT2D eigenvalue weighted by Crippen LogP contribution is 2.11. The molecular weight excluding hydrogens is 372 g/mol. The van der Waals surface area contributed by atoms with E-state index in [-0.39, 0.29) is 11.8 Å². The maximum atomic E-state index is 12.0. The molecule has 0 aliphatic heterocycles. The Balaban J connectivity index is 1.37. The molecule has 10 heteroatoms. The van der Waals surface area contributed by atoms with Gasteiger partial charge in [-0.15, -0.1) is 21.5 Å². The standard InChI is InChI=1S/C16H16N6O2S2/c23-14(21-16-22-20-10-26-16)11-4-5-13(19-9-11)17-6-2-7-18-15(24)12-3-1-8-25-12/h1,3-5,8-10H,2,6-7H2,(H,17,19)(H,18,24)(H,21,22,23). The number of rotatable bonds is 8. The quantitative estimate of drug-likeness (QED) is 0.512. The number of aromatic nitrogens is 3. The minimum absolute atomic E-state index is 0.0519. The van der Waals surface area contributed by atoms with Crippen molar-refractivity contribution >= 4 is 45.4 Å². The Morgan fingerprint density at radius 2 is 2.00 bits per heavy atom. The molecule has 3 rings (SSSR count). The van der Waals surface area contributed by atoms with Gasteiger partial charge in [0.25, 0.3) is 11.8 Å². The summed E-state index contributed by atoms with van der Waals surface area (Å²) in [5, 5.41) is 18.4. The van der Waals surface area contributed by atoms with E-state index in [0.717, 1.165) is 6.42 Å². The lowest BCUT2D eigenvalue weighted by Gasteiger charge is -2.07. The van der Waals surface area contributed by atoms with Gasteiger partial charge in [0.1, 0.15) is 11.3 Å². The predicted molar refractivity (Wildman–Crippen MR) is 102 cm³/mol. The van der Waals surface area contributed by atoms with Gasteiger partial charge in [-0.3, -0.25) is 14.9 Å². The molecule has 3 heterocycles. The van der Waals surface area contributed by atoms with E-state index in [0.29, 0.717) is 34.5 Å². The lowest BCUT2D eigenvalue weighted by Crippen LogP contribution is -2.25. The van der Waals surface area contributed by atoms with Gasteiger partial charge in [0, 0.05) is 19.3 Å². The van der Waals surface area contributed by atoms with E-state index in [1.165, 1.54) is 28.9 Å². The van der Waals surface area contributed by atoms with Crippen molar-refractivity contribution < 1.29 is 9.59 Å². The maximum Gasteiger partial charge on any atom is 0.261 e. The van der Waals surface area contributed by atoms with Crippen LogP contribution in [-0.4, -0.2) is 40.1 Å². The topological polar surface area (TPSA) is 109 Å². The molecule has 0 bridgehead atoms. The molecule has 0 aromatic carbocycles. The molecule has 8 nitrogen and oxygen atoms in total. The molecule has 3 N–H and O–H groups in total. The molecule has 0 spiro atoms. The minimum Gasteiger partial charge on any atom is -0.370 e. The highest BCUT2D eigenvalue weighted by Gasteiger charge is 2.08. The fourth-order valence-electron chi connectivity index (χ4n) is 2.03. The van der Waals surface area contributed by atoms with Crippen molar-refractivity contribution in [3.05, 3.63) is 51.8 Å². The van der Waals surface area contributed by atoms with Gasteiger partial charge in [-0.2, -0.15) is 0 Å². The summed E-state index contributed by atoms with van der Waals surface area (Å²) in [4.78, 5) is 28.7. The third-order valence-electron chi connectivity index (χ3n) is 3.30. The molecule has 3 aromatic rings. The molecule has 3 aromatic heterocycles. The van der Waals surface area contributed by atoms with Crippen molar-refractivity contribution in [2.24, 2.45) is 0 Å². The van der Waals surface area contributed by atoms with E-state index in [4.69, 9.17) is 0 Å². The van der Waals surface area contributed by atoms with Gasteiger partial charge in [0.15, 0.2) is 0 Å². The van der Waals surface area contributed by atoms with Gasteiger partial charge >= 0.3 is 0 Å². The Morgan fingerprint density at radius 1 is 1.08 bits per heavy atom. The summed E-state index contributed by atoms with van der Waals surface area (Å²) in [6.45, 7) is 1.24. The summed E-state index contributed by atoms with van der Waals surface area (Å²) in [6, 6.07) is 7.07. The number of nitrogens with one attached hydrogen (secondary N) is 3. The number of amides is 2. The van der Waals surface area contributed by atoms with Crippen molar-refractivity contribution in [2.45, 2.75) is 6.42 Å². The average Bonchev–Trinajstić information content (AvgIpc) is 3.35. The fraction of sp³-hybridized carbons (Fsp3) is 0.188. The Bertz CT molecular complexity index is 834. The van der Waals surface area contributed by atoms with E-state index in [2.05, 4.69) is 31.1 Å². The van der Waals surface area contributed by atoms with Crippen molar-refractivity contribution in [3.8, 4) is 0 Å². The Kier molecular flexibility index (Phi) is 6.23. The van der Waals surface area contributed by atoms with Crippen molar-refractivity contribution in [1.29, 1.82) is 0 Å². The Morgan fingerprint density at radius 3 is 2.69 bits per heavy atom. The smallest absolute Gasteiger partial charge is 0.261 e. The summed E-state index contributed by atoms with van der Waals surface area (Å²) in [5.74, 6) is 0.336. The van der Waals surface area contributed by atoms with Crippen LogP contribution in [0, 0.1) is 0 Å². The molecule has 0 atom stereocenters. The molecular formula is C16H16N6O2S2. The molecule has 0 fully saturated rings. The Labute approximate surface area is 157 Å². The molecule has 0 aliphatic carbocycles. The molecule has 0 saturated carbocycles. The zero-order valence-electron chi connectivity index (χ0n) is 13.6. The van der Waals surface area contributed by atoms with Crippen molar-refractivity contribution in [3.63, 3.8) is 0 Å². The van der Waals surface area contributed by atoms with Crippen LogP contribution in [0.25, 0.3) is 0 Å². The number of carbonyl (C=O) groups is 2. The van der Waals surface area contributed by atoms with E-state index in [9.17, 15) is 9.59 Å². The maximum absolute atomic E-state index is 12.0. The van der Waals surface area contributed by atoms with E-state index in [1.807, 2.05) is 11.4 Å². The molecule has 0 saturated heterocycles. The first-order valence-electron chi connectivity index (χ1n) is 7.81. The van der Waals surface area contributed by atoms with Gasteiger partial charge in [0.2, 0.25) is 5.13 Å². The number of hydrogen-bond donors (Lipinski definition) is 3. The second-order valence-corrected chi connectivity index (χ2v) is 6.92. The number of pyridine rings is 1. The van der Waals surface area contributed by atoms with E-state index < -0.39 is 0 Å². The second-order valence-electron chi connectivity index (χ2n) is 5.14. The van der Waals surface area contributed by atoms with Gasteiger partial charge in [-0.05, 0) is 30.0 Å².